The van der Waals surface area contributed by atoms with Crippen molar-refractivity contribution in [3.8, 4) is 23.8 Å². The number of benzene rings is 2. The third kappa shape index (κ3) is 4.05. The maximum atomic E-state index is 14.1. The van der Waals surface area contributed by atoms with Gasteiger partial charge in [-0.05, 0) is 23.3 Å². The van der Waals surface area contributed by atoms with Gasteiger partial charge in [0.1, 0.15) is 23.1 Å². The molecule has 1 saturated carbocycles. The van der Waals surface area contributed by atoms with Crippen molar-refractivity contribution in [1.29, 1.82) is 10.5 Å². The van der Waals surface area contributed by atoms with Gasteiger partial charge in [-0.15, -0.1) is 0 Å². The Kier molecular flexibility index (Phi) is 6.89. The molecule has 10 heteroatoms. The number of nitrogens with zero attached hydrogens (tertiary/aromatic N) is 4. The van der Waals surface area contributed by atoms with Crippen LogP contribution in [0.25, 0.3) is 0 Å². The zero-order valence-electron chi connectivity index (χ0n) is 23.0. The lowest BCUT2D eigenvalue weighted by Gasteiger charge is -2.43. The van der Waals surface area contributed by atoms with Gasteiger partial charge >= 0.3 is 0 Å². The Hall–Kier alpha value is -4.09. The van der Waals surface area contributed by atoms with Crippen molar-refractivity contribution in [3.05, 3.63) is 88.6 Å². The van der Waals surface area contributed by atoms with Crippen LogP contribution in [0.2, 0.25) is 0 Å². The van der Waals surface area contributed by atoms with Crippen LogP contribution >= 0.6 is 0 Å². The van der Waals surface area contributed by atoms with Crippen LogP contribution in [-0.2, 0) is 11.2 Å². The van der Waals surface area contributed by atoms with Crippen molar-refractivity contribution in [1.82, 2.24) is 9.88 Å². The Morgan fingerprint density at radius 1 is 1.07 bits per heavy atom. The lowest BCUT2D eigenvalue weighted by atomic mass is 9.70. The van der Waals surface area contributed by atoms with Crippen LogP contribution in [0.4, 0.5) is 8.78 Å². The molecule has 0 spiro atoms. The molecular formula is C32H30F2N4O4. The van der Waals surface area contributed by atoms with Gasteiger partial charge in [-0.3, -0.25) is 0 Å². The minimum Gasteiger partial charge on any atom is -0.481 e. The molecule has 2 fully saturated rings. The number of aliphatic hydroxyl groups excluding tert-OH is 1. The van der Waals surface area contributed by atoms with E-state index in [1.54, 1.807) is 24.3 Å². The Bertz CT molecular complexity index is 1560. The molecule has 0 amide bonds. The summed E-state index contributed by atoms with van der Waals surface area (Å²) in [6.07, 6.45) is -0.595. The third-order valence-corrected chi connectivity index (χ3v) is 9.25. The number of aromatic nitrogens is 1. The highest BCUT2D eigenvalue weighted by Gasteiger charge is 2.76. The van der Waals surface area contributed by atoms with Crippen LogP contribution in [0.15, 0.2) is 60.7 Å². The van der Waals surface area contributed by atoms with Gasteiger partial charge in [-0.2, -0.15) is 10.5 Å². The van der Waals surface area contributed by atoms with Crippen molar-refractivity contribution in [2.45, 2.75) is 35.9 Å². The smallest absolute Gasteiger partial charge is 0.250 e. The first-order chi connectivity index (χ1) is 20.2. The summed E-state index contributed by atoms with van der Waals surface area (Å²) >= 11 is 0. The summed E-state index contributed by atoms with van der Waals surface area (Å²) in [5, 5.41) is 43.5. The summed E-state index contributed by atoms with van der Waals surface area (Å²) in [6.45, 7) is 0.145. The molecule has 2 aliphatic heterocycles. The number of hydrogen-bond donors (Lipinski definition) is 2. The molecule has 1 aliphatic carbocycles. The fraction of sp³-hybridized carbons (Fsp3) is 0.406. The Balaban J connectivity index is 1.63. The summed E-state index contributed by atoms with van der Waals surface area (Å²) in [4.78, 5) is 6.25. The highest BCUT2D eigenvalue weighted by Crippen LogP contribution is 2.71. The quantitative estimate of drug-likeness (QED) is 0.454. The monoisotopic (exact) mass is 572 g/mol. The van der Waals surface area contributed by atoms with Crippen LogP contribution in [0.5, 0.6) is 11.6 Å². The lowest BCUT2D eigenvalue weighted by Crippen LogP contribution is -2.53. The number of methoxy groups -OCH3 is 1. The number of aliphatic hydroxyl groups is 2. The average molecular weight is 573 g/mol. The zero-order valence-corrected chi connectivity index (χ0v) is 23.0. The second kappa shape index (κ2) is 10.3. The van der Waals surface area contributed by atoms with E-state index >= 15 is 0 Å². The van der Waals surface area contributed by atoms with Gasteiger partial charge in [-0.1, -0.05) is 42.5 Å². The molecule has 3 aliphatic rings. The molecule has 0 radical (unpaired) electrons. The molecule has 42 heavy (non-hydrogen) atoms. The number of halogens is 2. The molecule has 1 aromatic heterocycles. The molecule has 8 nitrogen and oxygen atoms in total. The van der Waals surface area contributed by atoms with Crippen LogP contribution in [0, 0.1) is 34.5 Å². The molecule has 6 rings (SSSR count). The van der Waals surface area contributed by atoms with Crippen molar-refractivity contribution < 1.29 is 28.5 Å². The summed E-state index contributed by atoms with van der Waals surface area (Å²) in [5.41, 5.74) is -1.37. The topological polar surface area (TPSA) is 123 Å². The van der Waals surface area contributed by atoms with Gasteiger partial charge in [0.15, 0.2) is 5.60 Å². The average Bonchev–Trinajstić information content (AvgIpc) is 3.39. The molecule has 2 N–H and O–H groups in total. The van der Waals surface area contributed by atoms with Gasteiger partial charge in [0, 0.05) is 62.9 Å². The van der Waals surface area contributed by atoms with Gasteiger partial charge in [0.25, 0.3) is 5.92 Å². The highest BCUT2D eigenvalue weighted by molar-refractivity contribution is 5.60. The molecule has 0 unspecified atom stereocenters. The minimum absolute atomic E-state index is 0.0163. The minimum atomic E-state index is -2.75. The predicted molar refractivity (Wildman–Crippen MR) is 147 cm³/mol. The van der Waals surface area contributed by atoms with Crippen LogP contribution in [0.1, 0.15) is 46.7 Å². The third-order valence-electron chi connectivity index (χ3n) is 9.25. The van der Waals surface area contributed by atoms with E-state index in [4.69, 9.17) is 9.47 Å². The summed E-state index contributed by atoms with van der Waals surface area (Å²) in [6, 6.07) is 21.8. The summed E-state index contributed by atoms with van der Waals surface area (Å²) in [5.74, 6) is -4.44. The van der Waals surface area contributed by atoms with E-state index in [0.717, 1.165) is 5.56 Å². The molecule has 3 heterocycles. The van der Waals surface area contributed by atoms with E-state index in [-0.39, 0.29) is 62.0 Å². The van der Waals surface area contributed by atoms with Gasteiger partial charge in [-0.25, -0.2) is 13.8 Å². The first-order valence-corrected chi connectivity index (χ1v) is 13.9. The van der Waals surface area contributed by atoms with Gasteiger partial charge in [0.05, 0.1) is 24.3 Å². The summed E-state index contributed by atoms with van der Waals surface area (Å²) in [7, 11) is 1.39. The molecule has 0 bridgehead atoms. The van der Waals surface area contributed by atoms with E-state index in [1.807, 2.05) is 41.3 Å². The number of rotatable bonds is 6. The predicted octanol–water partition coefficient (Wildman–Crippen LogP) is 4.06. The molecular weight excluding hydrogens is 542 g/mol. The number of alkyl halides is 2. The molecule has 2 aromatic carbocycles. The largest absolute Gasteiger partial charge is 0.481 e. The number of likely N-dealkylation sites (tertiary alicyclic amines) is 1. The highest BCUT2D eigenvalue weighted by atomic mass is 19.3. The van der Waals surface area contributed by atoms with Gasteiger partial charge < -0.3 is 24.6 Å². The normalized spacial score (nSPS) is 29.5. The number of fused-ring (bicyclic) bond motifs is 3. The van der Waals surface area contributed by atoms with Crippen molar-refractivity contribution in [2.24, 2.45) is 11.8 Å². The number of hydrogen-bond acceptors (Lipinski definition) is 8. The molecule has 3 aromatic rings. The first kappa shape index (κ1) is 28.0. The van der Waals surface area contributed by atoms with E-state index < -0.39 is 34.9 Å². The maximum Gasteiger partial charge on any atom is 0.250 e. The van der Waals surface area contributed by atoms with Crippen molar-refractivity contribution >= 4 is 0 Å². The fourth-order valence-electron chi connectivity index (χ4n) is 7.41. The first-order valence-electron chi connectivity index (χ1n) is 13.9. The maximum absolute atomic E-state index is 14.1. The van der Waals surface area contributed by atoms with Crippen LogP contribution in [-0.4, -0.2) is 59.4 Å². The van der Waals surface area contributed by atoms with Crippen LogP contribution in [0.3, 0.4) is 0 Å². The van der Waals surface area contributed by atoms with Crippen molar-refractivity contribution in [3.63, 3.8) is 0 Å². The second-order valence-corrected chi connectivity index (χ2v) is 11.3. The molecule has 216 valence electrons. The lowest BCUT2D eigenvalue weighted by molar-refractivity contribution is -0.136. The SMILES string of the molecule is COc1nc(C#N)cc2c1[C@]1(O)[C@@H](CN3CCC(F)(F)CC3)[C@H](CO)[C@@H](c3ccccc3)[C@]1(c1ccc(C#N)cc1)O2. The Labute approximate surface area is 242 Å². The zero-order chi connectivity index (χ0) is 29.7. The number of piperidine rings is 1. The summed E-state index contributed by atoms with van der Waals surface area (Å²) < 4.78 is 40.7. The van der Waals surface area contributed by atoms with E-state index in [0.29, 0.717) is 11.1 Å². The van der Waals surface area contributed by atoms with E-state index in [1.165, 1.54) is 13.2 Å². The Morgan fingerprint density at radius 3 is 2.36 bits per heavy atom. The number of nitriles is 2. The van der Waals surface area contributed by atoms with Gasteiger partial charge in [0.2, 0.25) is 5.88 Å². The van der Waals surface area contributed by atoms with E-state index in [9.17, 15) is 29.5 Å². The molecule has 5 atom stereocenters. The Morgan fingerprint density at radius 2 is 1.76 bits per heavy atom. The standard InChI is InChI=1S/C32H30F2N4O4/c1-41-29-28-26(15-23(17-36)37-29)42-32(22-9-7-20(16-35)8-10-22)27(21-5-3-2-4-6-21)24(19-39)25(31(28,32)40)18-38-13-11-30(33,34)12-14-38/h2-10,15,24-25,27,39-40H,11-14,18-19H2,1H3/t24-,25-,27+,31+,32-/m0/s1. The second-order valence-electron chi connectivity index (χ2n) is 11.3. The molecule has 1 saturated heterocycles. The number of pyridine rings is 1. The van der Waals surface area contributed by atoms with Crippen molar-refractivity contribution in [2.75, 3.05) is 33.4 Å². The fourth-order valence-corrected chi connectivity index (χ4v) is 7.41. The van der Waals surface area contributed by atoms with Crippen LogP contribution < -0.4 is 9.47 Å². The number of ether oxygens (including phenoxy) is 2. The van der Waals surface area contributed by atoms with E-state index in [2.05, 4.69) is 11.1 Å².